The summed E-state index contributed by atoms with van der Waals surface area (Å²) in [6.07, 6.45) is 5.69. The molecule has 88 valence electrons. The summed E-state index contributed by atoms with van der Waals surface area (Å²) in [6.45, 7) is 0. The topological polar surface area (TPSA) is 26.0 Å². The second-order valence-electron chi connectivity index (χ2n) is 4.59. The maximum atomic E-state index is 13.5. The van der Waals surface area contributed by atoms with Crippen LogP contribution in [0.5, 0.6) is 0 Å². The van der Waals surface area contributed by atoms with Gasteiger partial charge in [-0.25, -0.2) is 8.78 Å². The fourth-order valence-electron chi connectivity index (χ4n) is 2.52. The molecular weight excluding hydrogens is 208 g/mol. The van der Waals surface area contributed by atoms with Crippen LogP contribution in [0.3, 0.4) is 0 Å². The molecule has 1 aliphatic rings. The highest BCUT2D eigenvalue weighted by atomic mass is 19.1. The maximum absolute atomic E-state index is 13.5. The van der Waals surface area contributed by atoms with E-state index in [0.29, 0.717) is 11.5 Å². The SMILES string of the molecule is N[C@@H](c1ccc(F)cc1F)C1CCCCC1. The van der Waals surface area contributed by atoms with Gasteiger partial charge in [0.1, 0.15) is 11.6 Å². The van der Waals surface area contributed by atoms with E-state index in [1.165, 1.54) is 31.4 Å². The van der Waals surface area contributed by atoms with Crippen molar-refractivity contribution in [1.82, 2.24) is 0 Å². The lowest BCUT2D eigenvalue weighted by Crippen LogP contribution is -2.24. The van der Waals surface area contributed by atoms with Crippen LogP contribution in [0.1, 0.15) is 43.7 Å². The normalized spacial score (nSPS) is 19.7. The highest BCUT2D eigenvalue weighted by Gasteiger charge is 2.23. The monoisotopic (exact) mass is 225 g/mol. The van der Waals surface area contributed by atoms with E-state index >= 15 is 0 Å². The van der Waals surface area contributed by atoms with Crippen LogP contribution in [-0.2, 0) is 0 Å². The summed E-state index contributed by atoms with van der Waals surface area (Å²) in [7, 11) is 0. The van der Waals surface area contributed by atoms with Crippen molar-refractivity contribution in [3.8, 4) is 0 Å². The summed E-state index contributed by atoms with van der Waals surface area (Å²) >= 11 is 0. The molecule has 2 rings (SSSR count). The van der Waals surface area contributed by atoms with Crippen molar-refractivity contribution in [1.29, 1.82) is 0 Å². The molecular formula is C13H17F2N. The molecule has 1 nitrogen and oxygen atoms in total. The van der Waals surface area contributed by atoms with E-state index in [0.717, 1.165) is 18.9 Å². The molecule has 1 aromatic rings. The molecule has 0 aliphatic heterocycles. The first-order valence-corrected chi connectivity index (χ1v) is 5.89. The van der Waals surface area contributed by atoms with E-state index in [4.69, 9.17) is 5.73 Å². The van der Waals surface area contributed by atoms with Gasteiger partial charge in [-0.2, -0.15) is 0 Å². The molecule has 1 fully saturated rings. The van der Waals surface area contributed by atoms with E-state index < -0.39 is 11.6 Å². The summed E-state index contributed by atoms with van der Waals surface area (Å²) in [6, 6.07) is 3.38. The van der Waals surface area contributed by atoms with Gasteiger partial charge in [0.25, 0.3) is 0 Å². The number of hydrogen-bond donors (Lipinski definition) is 1. The van der Waals surface area contributed by atoms with Gasteiger partial charge in [0, 0.05) is 17.7 Å². The molecule has 0 aromatic heterocycles. The molecule has 2 N–H and O–H groups in total. The minimum absolute atomic E-state index is 0.291. The molecule has 1 atom stereocenters. The molecule has 0 heterocycles. The Hall–Kier alpha value is -0.960. The van der Waals surface area contributed by atoms with Crippen LogP contribution in [-0.4, -0.2) is 0 Å². The molecule has 0 amide bonds. The largest absolute Gasteiger partial charge is 0.324 e. The van der Waals surface area contributed by atoms with Gasteiger partial charge in [0.2, 0.25) is 0 Å². The summed E-state index contributed by atoms with van der Waals surface area (Å²) < 4.78 is 26.3. The molecule has 0 spiro atoms. The lowest BCUT2D eigenvalue weighted by molar-refractivity contribution is 0.303. The Labute approximate surface area is 94.7 Å². The summed E-state index contributed by atoms with van der Waals surface area (Å²) in [4.78, 5) is 0. The van der Waals surface area contributed by atoms with Crippen LogP contribution in [0, 0.1) is 17.6 Å². The minimum atomic E-state index is -0.544. The average molecular weight is 225 g/mol. The van der Waals surface area contributed by atoms with Gasteiger partial charge in [0.05, 0.1) is 0 Å². The second-order valence-corrected chi connectivity index (χ2v) is 4.59. The Morgan fingerprint density at radius 2 is 1.81 bits per heavy atom. The molecule has 0 bridgehead atoms. The predicted octanol–water partition coefficient (Wildman–Crippen LogP) is 3.54. The molecule has 1 aliphatic carbocycles. The summed E-state index contributed by atoms with van der Waals surface area (Å²) in [5.74, 6) is -0.719. The fourth-order valence-corrected chi connectivity index (χ4v) is 2.52. The molecule has 16 heavy (non-hydrogen) atoms. The van der Waals surface area contributed by atoms with Crippen LogP contribution in [0.4, 0.5) is 8.78 Å². The third kappa shape index (κ3) is 2.40. The smallest absolute Gasteiger partial charge is 0.130 e. The third-order valence-corrected chi connectivity index (χ3v) is 3.48. The van der Waals surface area contributed by atoms with Crippen LogP contribution in [0.15, 0.2) is 18.2 Å². The maximum Gasteiger partial charge on any atom is 0.130 e. The lowest BCUT2D eigenvalue weighted by Gasteiger charge is -2.27. The summed E-state index contributed by atoms with van der Waals surface area (Å²) in [5.41, 5.74) is 6.51. The zero-order chi connectivity index (χ0) is 11.5. The number of rotatable bonds is 2. The third-order valence-electron chi connectivity index (χ3n) is 3.48. The van der Waals surface area contributed by atoms with Crippen molar-refractivity contribution in [3.63, 3.8) is 0 Å². The Kier molecular flexibility index (Phi) is 3.54. The van der Waals surface area contributed by atoms with Gasteiger partial charge in [0.15, 0.2) is 0 Å². The van der Waals surface area contributed by atoms with Gasteiger partial charge in [-0.05, 0) is 24.8 Å². The van der Waals surface area contributed by atoms with Crippen molar-refractivity contribution in [2.75, 3.05) is 0 Å². The van der Waals surface area contributed by atoms with E-state index in [1.807, 2.05) is 0 Å². The zero-order valence-corrected chi connectivity index (χ0v) is 9.26. The Balaban J connectivity index is 2.15. The molecule has 1 aromatic carbocycles. The Morgan fingerprint density at radius 3 is 2.44 bits per heavy atom. The second kappa shape index (κ2) is 4.91. The van der Waals surface area contributed by atoms with Crippen LogP contribution < -0.4 is 5.73 Å². The van der Waals surface area contributed by atoms with Crippen molar-refractivity contribution >= 4 is 0 Å². The lowest BCUT2D eigenvalue weighted by atomic mass is 9.81. The van der Waals surface area contributed by atoms with Gasteiger partial charge < -0.3 is 5.73 Å². The summed E-state index contributed by atoms with van der Waals surface area (Å²) in [5, 5.41) is 0. The molecule has 0 saturated heterocycles. The quantitative estimate of drug-likeness (QED) is 0.818. The van der Waals surface area contributed by atoms with Crippen LogP contribution >= 0.6 is 0 Å². The predicted molar refractivity (Wildman–Crippen MR) is 59.9 cm³/mol. The number of nitrogens with two attached hydrogens (primary N) is 1. The van der Waals surface area contributed by atoms with E-state index in [9.17, 15) is 8.78 Å². The molecule has 0 radical (unpaired) electrons. The van der Waals surface area contributed by atoms with Crippen molar-refractivity contribution in [2.24, 2.45) is 11.7 Å². The highest BCUT2D eigenvalue weighted by molar-refractivity contribution is 5.22. The Bertz CT molecular complexity index is 359. The van der Waals surface area contributed by atoms with E-state index in [1.54, 1.807) is 0 Å². The Morgan fingerprint density at radius 1 is 1.12 bits per heavy atom. The fraction of sp³-hybridized carbons (Fsp3) is 0.538. The van der Waals surface area contributed by atoms with E-state index in [-0.39, 0.29) is 6.04 Å². The first kappa shape index (κ1) is 11.5. The average Bonchev–Trinajstić information content (AvgIpc) is 2.29. The first-order chi connectivity index (χ1) is 7.68. The highest BCUT2D eigenvalue weighted by Crippen LogP contribution is 2.33. The van der Waals surface area contributed by atoms with Gasteiger partial charge >= 0.3 is 0 Å². The van der Waals surface area contributed by atoms with Gasteiger partial charge in [-0.3, -0.25) is 0 Å². The van der Waals surface area contributed by atoms with Gasteiger partial charge in [-0.15, -0.1) is 0 Å². The van der Waals surface area contributed by atoms with Gasteiger partial charge in [-0.1, -0.05) is 25.3 Å². The molecule has 1 saturated carbocycles. The first-order valence-electron chi connectivity index (χ1n) is 5.89. The minimum Gasteiger partial charge on any atom is -0.324 e. The van der Waals surface area contributed by atoms with Crippen LogP contribution in [0.25, 0.3) is 0 Å². The number of hydrogen-bond acceptors (Lipinski definition) is 1. The molecule has 0 unspecified atom stereocenters. The zero-order valence-electron chi connectivity index (χ0n) is 9.26. The standard InChI is InChI=1S/C13H17F2N/c14-10-6-7-11(12(15)8-10)13(16)9-4-2-1-3-5-9/h6-9,13H,1-5,16H2/t13-/m1/s1. The number of benzene rings is 1. The van der Waals surface area contributed by atoms with E-state index in [2.05, 4.69) is 0 Å². The van der Waals surface area contributed by atoms with Crippen molar-refractivity contribution in [2.45, 2.75) is 38.1 Å². The van der Waals surface area contributed by atoms with Crippen molar-refractivity contribution < 1.29 is 8.78 Å². The van der Waals surface area contributed by atoms with Crippen molar-refractivity contribution in [3.05, 3.63) is 35.4 Å². The molecule has 3 heteroatoms. The van der Waals surface area contributed by atoms with Crippen LogP contribution in [0.2, 0.25) is 0 Å². The number of halogens is 2.